The lowest BCUT2D eigenvalue weighted by molar-refractivity contribution is -0.138. The van der Waals surface area contributed by atoms with E-state index in [1.54, 1.807) is 30.3 Å². The van der Waals surface area contributed by atoms with Gasteiger partial charge in [0.15, 0.2) is 5.78 Å². The lowest BCUT2D eigenvalue weighted by Gasteiger charge is -2.29. The number of halogens is 1. The van der Waals surface area contributed by atoms with Crippen molar-refractivity contribution in [2.75, 3.05) is 13.1 Å². The molecule has 3 N–H and O–H groups in total. The minimum atomic E-state index is -0.808. The highest BCUT2D eigenvalue weighted by Crippen LogP contribution is 2.31. The molecule has 0 saturated carbocycles. The van der Waals surface area contributed by atoms with Crippen molar-refractivity contribution >= 4 is 23.5 Å². The minimum absolute atomic E-state index is 0.0178. The van der Waals surface area contributed by atoms with E-state index in [0.29, 0.717) is 37.1 Å². The zero-order valence-corrected chi connectivity index (χ0v) is 21.2. The van der Waals surface area contributed by atoms with Crippen molar-refractivity contribution in [1.29, 1.82) is 0 Å². The average Bonchev–Trinajstić information content (AvgIpc) is 3.44. The first-order chi connectivity index (χ1) is 17.7. The molecular formula is C28H33FN4O4. The van der Waals surface area contributed by atoms with E-state index in [1.807, 2.05) is 19.9 Å². The third-order valence-electron chi connectivity index (χ3n) is 7.01. The fourth-order valence-electron chi connectivity index (χ4n) is 5.29. The summed E-state index contributed by atoms with van der Waals surface area (Å²) in [7, 11) is 0. The number of benzene rings is 2. The van der Waals surface area contributed by atoms with E-state index >= 15 is 0 Å². The van der Waals surface area contributed by atoms with Crippen LogP contribution in [0.4, 0.5) is 4.39 Å². The normalized spacial score (nSPS) is 19.8. The van der Waals surface area contributed by atoms with Gasteiger partial charge in [0.05, 0.1) is 19.0 Å². The van der Waals surface area contributed by atoms with Crippen LogP contribution < -0.4 is 11.1 Å². The van der Waals surface area contributed by atoms with Crippen LogP contribution in [-0.2, 0) is 27.3 Å². The quantitative estimate of drug-likeness (QED) is 0.567. The zero-order chi connectivity index (χ0) is 26.7. The second kappa shape index (κ2) is 11.2. The van der Waals surface area contributed by atoms with E-state index in [1.165, 1.54) is 21.9 Å². The SMILES string of the molecule is CC(C)CC(NC(=O)c1cccc(CN)c1)C(=O)N1CCC2C1C(=O)CN2C(=O)Cc1cccc(F)c1. The maximum atomic E-state index is 13.7. The first-order valence-corrected chi connectivity index (χ1v) is 12.6. The molecule has 2 aromatic carbocycles. The standard InChI is InChI=1S/C28H33FN4O4/c1-17(2)11-22(31-27(36)20-7-3-6-19(12-20)15-30)28(37)32-10-9-23-26(32)24(34)16-33(23)25(35)14-18-5-4-8-21(29)13-18/h3-8,12-13,17,22-23,26H,9-11,14-16,30H2,1-2H3,(H,31,36). The number of hydrogen-bond donors (Lipinski definition) is 2. The number of amides is 3. The van der Waals surface area contributed by atoms with Gasteiger partial charge in [-0.05, 0) is 54.2 Å². The van der Waals surface area contributed by atoms with Gasteiger partial charge in [0.1, 0.15) is 17.9 Å². The van der Waals surface area contributed by atoms with Crippen LogP contribution in [0.25, 0.3) is 0 Å². The molecule has 2 fully saturated rings. The number of nitrogens with one attached hydrogen (secondary N) is 1. The maximum absolute atomic E-state index is 13.7. The van der Waals surface area contributed by atoms with E-state index in [-0.39, 0.29) is 42.4 Å². The molecule has 8 nitrogen and oxygen atoms in total. The number of hydrogen-bond acceptors (Lipinski definition) is 5. The minimum Gasteiger partial charge on any atom is -0.340 e. The third kappa shape index (κ3) is 5.88. The summed E-state index contributed by atoms with van der Waals surface area (Å²) >= 11 is 0. The first kappa shape index (κ1) is 26.5. The topological polar surface area (TPSA) is 113 Å². The molecule has 0 aliphatic carbocycles. The van der Waals surface area contributed by atoms with Crippen LogP contribution in [0.1, 0.15) is 48.2 Å². The van der Waals surface area contributed by atoms with Crippen molar-refractivity contribution in [1.82, 2.24) is 15.1 Å². The summed E-state index contributed by atoms with van der Waals surface area (Å²) in [6.45, 7) is 4.45. The summed E-state index contributed by atoms with van der Waals surface area (Å²) in [6, 6.07) is 10.8. The van der Waals surface area contributed by atoms with Crippen LogP contribution in [0.3, 0.4) is 0 Å². The number of carbonyl (C=O) groups excluding carboxylic acids is 4. The van der Waals surface area contributed by atoms with Gasteiger partial charge in [-0.2, -0.15) is 0 Å². The molecule has 3 unspecified atom stereocenters. The van der Waals surface area contributed by atoms with E-state index in [9.17, 15) is 23.6 Å². The molecule has 3 atom stereocenters. The zero-order valence-electron chi connectivity index (χ0n) is 21.2. The first-order valence-electron chi connectivity index (χ1n) is 12.6. The van der Waals surface area contributed by atoms with Crippen LogP contribution in [0.2, 0.25) is 0 Å². The summed E-state index contributed by atoms with van der Waals surface area (Å²) in [5.41, 5.74) is 7.44. The number of nitrogens with zero attached hydrogens (tertiary/aromatic N) is 2. The van der Waals surface area contributed by atoms with Crippen molar-refractivity contribution in [2.45, 2.75) is 57.8 Å². The molecule has 3 amide bonds. The molecule has 0 bridgehead atoms. The molecule has 2 aromatic rings. The Morgan fingerprint density at radius 2 is 1.81 bits per heavy atom. The molecule has 196 valence electrons. The lowest BCUT2D eigenvalue weighted by atomic mass is 10.0. The molecule has 37 heavy (non-hydrogen) atoms. The summed E-state index contributed by atoms with van der Waals surface area (Å²) in [4.78, 5) is 55.7. The predicted octanol–water partition coefficient (Wildman–Crippen LogP) is 2.05. The van der Waals surface area contributed by atoms with E-state index in [4.69, 9.17) is 5.73 Å². The highest BCUT2D eigenvalue weighted by atomic mass is 19.1. The van der Waals surface area contributed by atoms with E-state index in [0.717, 1.165) is 5.56 Å². The highest BCUT2D eigenvalue weighted by molar-refractivity contribution is 6.01. The van der Waals surface area contributed by atoms with Gasteiger partial charge in [0.25, 0.3) is 5.91 Å². The van der Waals surface area contributed by atoms with Gasteiger partial charge in [-0.25, -0.2) is 4.39 Å². The summed E-state index contributed by atoms with van der Waals surface area (Å²) in [5.74, 6) is -1.48. The van der Waals surface area contributed by atoms with Crippen LogP contribution in [-0.4, -0.2) is 64.5 Å². The largest absolute Gasteiger partial charge is 0.340 e. The molecule has 0 radical (unpaired) electrons. The number of ketones is 1. The molecule has 2 saturated heterocycles. The molecule has 2 aliphatic rings. The Kier molecular flexibility index (Phi) is 8.02. The van der Waals surface area contributed by atoms with E-state index < -0.39 is 23.9 Å². The Morgan fingerprint density at radius 3 is 2.51 bits per heavy atom. The van der Waals surface area contributed by atoms with Crippen LogP contribution in [0, 0.1) is 11.7 Å². The Morgan fingerprint density at radius 1 is 1.08 bits per heavy atom. The van der Waals surface area contributed by atoms with Crippen molar-refractivity contribution in [2.24, 2.45) is 11.7 Å². The average molecular weight is 509 g/mol. The molecular weight excluding hydrogens is 475 g/mol. The predicted molar refractivity (Wildman–Crippen MR) is 136 cm³/mol. The second-order valence-corrected chi connectivity index (χ2v) is 10.2. The number of fused-ring (bicyclic) bond motifs is 1. The fraction of sp³-hybridized carbons (Fsp3) is 0.429. The second-order valence-electron chi connectivity index (χ2n) is 10.2. The van der Waals surface area contributed by atoms with Gasteiger partial charge in [-0.15, -0.1) is 0 Å². The van der Waals surface area contributed by atoms with Gasteiger partial charge in [0.2, 0.25) is 11.8 Å². The molecule has 2 heterocycles. The Bertz CT molecular complexity index is 1200. The van der Waals surface area contributed by atoms with Crippen LogP contribution >= 0.6 is 0 Å². The number of carbonyl (C=O) groups is 4. The Balaban J connectivity index is 1.48. The number of nitrogens with two attached hydrogens (primary N) is 1. The van der Waals surface area contributed by atoms with Gasteiger partial charge < -0.3 is 20.9 Å². The Hall–Kier alpha value is -3.59. The maximum Gasteiger partial charge on any atom is 0.251 e. The van der Waals surface area contributed by atoms with E-state index in [2.05, 4.69) is 5.32 Å². The lowest BCUT2D eigenvalue weighted by Crippen LogP contribution is -2.53. The van der Waals surface area contributed by atoms with Crippen molar-refractivity contribution in [3.8, 4) is 0 Å². The van der Waals surface area contributed by atoms with Gasteiger partial charge in [-0.1, -0.05) is 38.1 Å². The summed E-state index contributed by atoms with van der Waals surface area (Å²) in [6.07, 6.45) is 0.861. The highest BCUT2D eigenvalue weighted by Gasteiger charge is 2.52. The molecule has 2 aliphatic heterocycles. The molecule has 0 aromatic heterocycles. The van der Waals surface area contributed by atoms with Crippen molar-refractivity contribution < 1.29 is 23.6 Å². The Labute approximate surface area is 216 Å². The van der Waals surface area contributed by atoms with Crippen LogP contribution in [0.15, 0.2) is 48.5 Å². The van der Waals surface area contributed by atoms with Gasteiger partial charge in [0, 0.05) is 18.7 Å². The monoisotopic (exact) mass is 508 g/mol. The third-order valence-corrected chi connectivity index (χ3v) is 7.01. The summed E-state index contributed by atoms with van der Waals surface area (Å²) < 4.78 is 13.6. The van der Waals surface area contributed by atoms with Crippen molar-refractivity contribution in [3.05, 3.63) is 71.0 Å². The smallest absolute Gasteiger partial charge is 0.251 e. The molecule has 0 spiro atoms. The number of likely N-dealkylation sites (tertiary alicyclic amines) is 2. The molecule has 4 rings (SSSR count). The van der Waals surface area contributed by atoms with Crippen LogP contribution in [0.5, 0.6) is 0 Å². The molecule has 9 heteroatoms. The number of Topliss-reactive ketones (excluding diaryl/α,β-unsaturated/α-hetero) is 1. The van der Waals surface area contributed by atoms with Gasteiger partial charge >= 0.3 is 0 Å². The van der Waals surface area contributed by atoms with Crippen molar-refractivity contribution in [3.63, 3.8) is 0 Å². The summed E-state index contributed by atoms with van der Waals surface area (Å²) in [5, 5.41) is 2.86. The number of rotatable bonds is 8. The fourth-order valence-corrected chi connectivity index (χ4v) is 5.29. The van der Waals surface area contributed by atoms with Gasteiger partial charge in [-0.3, -0.25) is 19.2 Å².